The van der Waals surface area contributed by atoms with Crippen molar-refractivity contribution in [2.45, 2.75) is 45.4 Å². The van der Waals surface area contributed by atoms with Gasteiger partial charge in [-0.05, 0) is 59.7 Å². The summed E-state index contributed by atoms with van der Waals surface area (Å²) < 4.78 is 13.8. The molecule has 0 heterocycles. The van der Waals surface area contributed by atoms with E-state index in [9.17, 15) is 9.18 Å². The second-order valence-corrected chi connectivity index (χ2v) is 6.98. The van der Waals surface area contributed by atoms with E-state index in [1.54, 1.807) is 6.07 Å². The van der Waals surface area contributed by atoms with Crippen molar-refractivity contribution in [3.8, 4) is 11.8 Å². The highest BCUT2D eigenvalue weighted by Crippen LogP contribution is 2.37. The van der Waals surface area contributed by atoms with Gasteiger partial charge in [0.2, 0.25) is 0 Å². The third kappa shape index (κ3) is 3.12. The molecule has 3 rings (SSSR count). The van der Waals surface area contributed by atoms with Crippen molar-refractivity contribution < 1.29 is 9.18 Å². The molecule has 2 aromatic rings. The van der Waals surface area contributed by atoms with Crippen LogP contribution in [0, 0.1) is 17.7 Å². The standard InChI is InChI=1S/C22H21FO/c1-4-17-9-7-16(14-20(17)23)6-5-15-8-10-18-19(13-15)22(2,3)12-11-21(18)24/h7-10,13-14H,4,11-12H2,1-3H3. The number of benzene rings is 2. The van der Waals surface area contributed by atoms with Crippen LogP contribution >= 0.6 is 0 Å². The predicted octanol–water partition coefficient (Wildman–Crippen LogP) is 5.04. The quantitative estimate of drug-likeness (QED) is 0.673. The monoisotopic (exact) mass is 320 g/mol. The zero-order valence-corrected chi connectivity index (χ0v) is 14.4. The van der Waals surface area contributed by atoms with Crippen LogP contribution in [0.1, 0.15) is 66.2 Å². The molecule has 2 aromatic carbocycles. The van der Waals surface area contributed by atoms with Gasteiger partial charge in [-0.1, -0.05) is 38.7 Å². The maximum Gasteiger partial charge on any atom is 0.163 e. The van der Waals surface area contributed by atoms with Crippen molar-refractivity contribution >= 4 is 5.78 Å². The van der Waals surface area contributed by atoms with Crippen molar-refractivity contribution in [2.75, 3.05) is 0 Å². The Labute approximate surface area is 142 Å². The van der Waals surface area contributed by atoms with Crippen LogP contribution < -0.4 is 0 Å². The molecule has 0 radical (unpaired) electrons. The normalized spacial score (nSPS) is 15.4. The number of aryl methyl sites for hydroxylation is 1. The zero-order valence-electron chi connectivity index (χ0n) is 14.4. The van der Waals surface area contributed by atoms with Crippen molar-refractivity contribution in [2.24, 2.45) is 0 Å². The fourth-order valence-electron chi connectivity index (χ4n) is 3.18. The Hall–Kier alpha value is -2.40. The average molecular weight is 320 g/mol. The van der Waals surface area contributed by atoms with Gasteiger partial charge in [0, 0.05) is 23.1 Å². The van der Waals surface area contributed by atoms with Crippen LogP contribution in [0.5, 0.6) is 0 Å². The Kier molecular flexibility index (Phi) is 4.28. The lowest BCUT2D eigenvalue weighted by Gasteiger charge is -2.31. The third-order valence-electron chi connectivity index (χ3n) is 4.81. The van der Waals surface area contributed by atoms with Crippen molar-refractivity contribution in [3.05, 3.63) is 70.0 Å². The number of rotatable bonds is 1. The Morgan fingerprint density at radius 3 is 2.42 bits per heavy atom. The molecule has 0 bridgehead atoms. The zero-order chi connectivity index (χ0) is 17.3. The maximum absolute atomic E-state index is 13.8. The fourth-order valence-corrected chi connectivity index (χ4v) is 3.18. The number of hydrogen-bond acceptors (Lipinski definition) is 1. The molecular weight excluding hydrogens is 299 g/mol. The summed E-state index contributed by atoms with van der Waals surface area (Å²) in [7, 11) is 0. The second-order valence-electron chi connectivity index (χ2n) is 6.98. The van der Waals surface area contributed by atoms with E-state index in [1.807, 2.05) is 31.2 Å². The number of ketones is 1. The van der Waals surface area contributed by atoms with Gasteiger partial charge in [-0.3, -0.25) is 4.79 Å². The smallest absolute Gasteiger partial charge is 0.163 e. The largest absolute Gasteiger partial charge is 0.294 e. The van der Waals surface area contributed by atoms with Gasteiger partial charge in [0.15, 0.2) is 5.78 Å². The van der Waals surface area contributed by atoms with E-state index in [2.05, 4.69) is 25.7 Å². The molecule has 0 spiro atoms. The molecule has 0 saturated heterocycles. The first-order chi connectivity index (χ1) is 11.4. The van der Waals surface area contributed by atoms with Crippen LogP contribution in [0.2, 0.25) is 0 Å². The topological polar surface area (TPSA) is 17.1 Å². The molecule has 24 heavy (non-hydrogen) atoms. The lowest BCUT2D eigenvalue weighted by Crippen LogP contribution is -2.27. The minimum Gasteiger partial charge on any atom is -0.294 e. The van der Waals surface area contributed by atoms with E-state index >= 15 is 0 Å². The highest BCUT2D eigenvalue weighted by Gasteiger charge is 2.31. The Bertz CT molecular complexity index is 865. The molecule has 0 saturated carbocycles. The molecule has 0 atom stereocenters. The van der Waals surface area contributed by atoms with Crippen LogP contribution in [0.3, 0.4) is 0 Å². The van der Waals surface area contributed by atoms with Crippen LogP contribution in [0.4, 0.5) is 4.39 Å². The highest BCUT2D eigenvalue weighted by atomic mass is 19.1. The van der Waals surface area contributed by atoms with Gasteiger partial charge in [-0.25, -0.2) is 4.39 Å². The van der Waals surface area contributed by atoms with Gasteiger partial charge in [0.05, 0.1) is 0 Å². The number of halogens is 1. The molecular formula is C22H21FO. The maximum atomic E-state index is 13.8. The van der Waals surface area contributed by atoms with Crippen molar-refractivity contribution in [1.82, 2.24) is 0 Å². The van der Waals surface area contributed by atoms with E-state index in [0.29, 0.717) is 24.0 Å². The van der Waals surface area contributed by atoms with Gasteiger partial charge in [-0.2, -0.15) is 0 Å². The van der Waals surface area contributed by atoms with E-state index in [1.165, 1.54) is 6.07 Å². The summed E-state index contributed by atoms with van der Waals surface area (Å²) in [6, 6.07) is 10.9. The highest BCUT2D eigenvalue weighted by molar-refractivity contribution is 5.99. The van der Waals surface area contributed by atoms with E-state index in [0.717, 1.165) is 23.1 Å². The van der Waals surface area contributed by atoms with Crippen molar-refractivity contribution in [1.29, 1.82) is 0 Å². The predicted molar refractivity (Wildman–Crippen MR) is 94.8 cm³/mol. The molecule has 122 valence electrons. The first-order valence-corrected chi connectivity index (χ1v) is 8.39. The number of carbonyl (C=O) groups excluding carboxylic acids is 1. The van der Waals surface area contributed by atoms with E-state index in [-0.39, 0.29) is 17.0 Å². The van der Waals surface area contributed by atoms with Gasteiger partial charge in [0.1, 0.15) is 5.82 Å². The average Bonchev–Trinajstić information content (AvgIpc) is 2.57. The number of carbonyl (C=O) groups is 1. The molecule has 0 aromatic heterocycles. The van der Waals surface area contributed by atoms with E-state index < -0.39 is 0 Å². The van der Waals surface area contributed by atoms with Crippen LogP contribution in [-0.4, -0.2) is 5.78 Å². The summed E-state index contributed by atoms with van der Waals surface area (Å²) in [5.41, 5.74) is 4.09. The Morgan fingerprint density at radius 2 is 1.75 bits per heavy atom. The van der Waals surface area contributed by atoms with Gasteiger partial charge >= 0.3 is 0 Å². The molecule has 0 fully saturated rings. The van der Waals surface area contributed by atoms with E-state index in [4.69, 9.17) is 0 Å². The third-order valence-corrected chi connectivity index (χ3v) is 4.81. The molecule has 1 aliphatic carbocycles. The summed E-state index contributed by atoms with van der Waals surface area (Å²) in [5, 5.41) is 0. The summed E-state index contributed by atoms with van der Waals surface area (Å²) >= 11 is 0. The van der Waals surface area contributed by atoms with Gasteiger partial charge in [-0.15, -0.1) is 0 Å². The van der Waals surface area contributed by atoms with Gasteiger partial charge in [0.25, 0.3) is 0 Å². The van der Waals surface area contributed by atoms with Gasteiger partial charge < -0.3 is 0 Å². The summed E-state index contributed by atoms with van der Waals surface area (Å²) in [6.07, 6.45) is 2.14. The Morgan fingerprint density at radius 1 is 1.08 bits per heavy atom. The second kappa shape index (κ2) is 6.24. The summed E-state index contributed by atoms with van der Waals surface area (Å²) in [5.74, 6) is 6.13. The minimum absolute atomic E-state index is 0.0180. The lowest BCUT2D eigenvalue weighted by atomic mass is 9.72. The lowest BCUT2D eigenvalue weighted by molar-refractivity contribution is 0.0957. The van der Waals surface area contributed by atoms with Crippen LogP contribution in [0.15, 0.2) is 36.4 Å². The molecule has 0 amide bonds. The number of Topliss-reactive ketones (excluding diaryl/α,β-unsaturated/α-hetero) is 1. The summed E-state index contributed by atoms with van der Waals surface area (Å²) in [6.45, 7) is 6.25. The molecule has 0 aliphatic heterocycles. The molecule has 0 unspecified atom stereocenters. The van der Waals surface area contributed by atoms with Crippen molar-refractivity contribution in [3.63, 3.8) is 0 Å². The number of fused-ring (bicyclic) bond motifs is 1. The first kappa shape index (κ1) is 16.5. The molecule has 1 aliphatic rings. The Balaban J connectivity index is 1.95. The minimum atomic E-state index is -0.207. The number of hydrogen-bond donors (Lipinski definition) is 0. The van der Waals surface area contributed by atoms with Crippen LogP contribution in [0.25, 0.3) is 0 Å². The summed E-state index contributed by atoms with van der Waals surface area (Å²) in [4.78, 5) is 12.1. The first-order valence-electron chi connectivity index (χ1n) is 8.39. The molecule has 0 N–H and O–H groups in total. The molecule has 1 nitrogen and oxygen atoms in total. The van der Waals surface area contributed by atoms with Crippen LogP contribution in [-0.2, 0) is 11.8 Å². The fraction of sp³-hybridized carbons (Fsp3) is 0.318. The SMILES string of the molecule is CCc1ccc(C#Cc2ccc3c(c2)C(C)(C)CCC3=O)cc1F. The molecule has 2 heteroatoms.